The van der Waals surface area contributed by atoms with E-state index in [4.69, 9.17) is 4.74 Å². The van der Waals surface area contributed by atoms with Crippen LogP contribution in [0.5, 0.6) is 11.5 Å². The number of para-hydroxylation sites is 1. The van der Waals surface area contributed by atoms with Gasteiger partial charge in [-0.15, -0.1) is 0 Å². The highest BCUT2D eigenvalue weighted by Gasteiger charge is 2.16. The second-order valence-corrected chi connectivity index (χ2v) is 5.70. The van der Waals surface area contributed by atoms with Crippen LogP contribution in [0.4, 0.5) is 11.4 Å². The number of benzene rings is 2. The van der Waals surface area contributed by atoms with Crippen molar-refractivity contribution in [2.75, 3.05) is 6.61 Å². The average molecular weight is 342 g/mol. The number of non-ortho nitro benzene ring substituents is 1. The Bertz CT molecular complexity index is 787. The molecule has 0 fully saturated rings. The van der Waals surface area contributed by atoms with E-state index in [1.54, 1.807) is 6.92 Å². The Balaban J connectivity index is 2.46. The third kappa shape index (κ3) is 4.35. The SMILES string of the molecule is CCOc1cc([N+](=O)[O-])cc(C=Nc2ccccc2C(C)CC)c1O. The van der Waals surface area contributed by atoms with Gasteiger partial charge >= 0.3 is 0 Å². The minimum absolute atomic E-state index is 0.0772. The molecule has 1 unspecified atom stereocenters. The van der Waals surface area contributed by atoms with Crippen LogP contribution in [-0.2, 0) is 0 Å². The fourth-order valence-corrected chi connectivity index (χ4v) is 2.46. The number of aliphatic imine (C=N–C) groups is 1. The quantitative estimate of drug-likeness (QED) is 0.437. The van der Waals surface area contributed by atoms with Crippen molar-refractivity contribution in [1.29, 1.82) is 0 Å². The Labute approximate surface area is 146 Å². The number of hydrogen-bond donors (Lipinski definition) is 1. The highest BCUT2D eigenvalue weighted by Crippen LogP contribution is 2.35. The molecule has 2 rings (SSSR count). The van der Waals surface area contributed by atoms with Crippen LogP contribution in [0.25, 0.3) is 0 Å². The van der Waals surface area contributed by atoms with Gasteiger partial charge in [0.2, 0.25) is 0 Å². The van der Waals surface area contributed by atoms with Crippen LogP contribution in [0.15, 0.2) is 41.4 Å². The largest absolute Gasteiger partial charge is 0.504 e. The van der Waals surface area contributed by atoms with E-state index in [1.807, 2.05) is 24.3 Å². The molecule has 2 aromatic rings. The third-order valence-electron chi connectivity index (χ3n) is 4.02. The summed E-state index contributed by atoms with van der Waals surface area (Å²) in [4.78, 5) is 15.0. The average Bonchev–Trinajstić information content (AvgIpc) is 2.62. The molecule has 6 heteroatoms. The zero-order valence-corrected chi connectivity index (χ0v) is 14.6. The molecule has 0 radical (unpaired) electrons. The summed E-state index contributed by atoms with van der Waals surface area (Å²) in [7, 11) is 0. The number of aromatic hydroxyl groups is 1. The lowest BCUT2D eigenvalue weighted by molar-refractivity contribution is -0.385. The zero-order chi connectivity index (χ0) is 18.4. The molecule has 0 spiro atoms. The Morgan fingerprint density at radius 3 is 2.68 bits per heavy atom. The maximum Gasteiger partial charge on any atom is 0.274 e. The van der Waals surface area contributed by atoms with Crippen molar-refractivity contribution >= 4 is 17.6 Å². The molecular weight excluding hydrogens is 320 g/mol. The van der Waals surface area contributed by atoms with E-state index in [2.05, 4.69) is 18.8 Å². The van der Waals surface area contributed by atoms with Gasteiger partial charge in [-0.2, -0.15) is 0 Å². The second kappa shape index (κ2) is 8.28. The fraction of sp³-hybridized carbons (Fsp3) is 0.316. The van der Waals surface area contributed by atoms with Gasteiger partial charge in [-0.3, -0.25) is 15.1 Å². The van der Waals surface area contributed by atoms with Gasteiger partial charge in [0.15, 0.2) is 11.5 Å². The number of hydrogen-bond acceptors (Lipinski definition) is 5. The van der Waals surface area contributed by atoms with Crippen LogP contribution in [0.3, 0.4) is 0 Å². The van der Waals surface area contributed by atoms with Crippen LogP contribution in [-0.4, -0.2) is 22.9 Å². The minimum Gasteiger partial charge on any atom is -0.504 e. The first-order chi connectivity index (χ1) is 12.0. The van der Waals surface area contributed by atoms with Crippen LogP contribution in [0.2, 0.25) is 0 Å². The van der Waals surface area contributed by atoms with Crippen LogP contribution in [0.1, 0.15) is 44.2 Å². The lowest BCUT2D eigenvalue weighted by Crippen LogP contribution is -1.97. The predicted octanol–water partition coefficient (Wildman–Crippen LogP) is 4.96. The number of phenolic OH excluding ortho intramolecular Hbond substituents is 1. The number of nitrogens with zero attached hydrogens (tertiary/aromatic N) is 2. The summed E-state index contributed by atoms with van der Waals surface area (Å²) in [5.74, 6) is 0.261. The van der Waals surface area contributed by atoms with Gasteiger partial charge in [-0.25, -0.2) is 0 Å². The lowest BCUT2D eigenvalue weighted by atomic mass is 9.97. The summed E-state index contributed by atoms with van der Waals surface area (Å²) in [6.07, 6.45) is 2.41. The van der Waals surface area contributed by atoms with E-state index >= 15 is 0 Å². The smallest absolute Gasteiger partial charge is 0.274 e. The Kier molecular flexibility index (Phi) is 6.11. The number of nitro benzene ring substituents is 1. The topological polar surface area (TPSA) is 85.0 Å². The first-order valence-corrected chi connectivity index (χ1v) is 8.25. The van der Waals surface area contributed by atoms with Crippen molar-refractivity contribution in [3.8, 4) is 11.5 Å². The van der Waals surface area contributed by atoms with Crippen LogP contribution < -0.4 is 4.74 Å². The van der Waals surface area contributed by atoms with Crippen molar-refractivity contribution in [2.24, 2.45) is 4.99 Å². The Morgan fingerprint density at radius 1 is 1.32 bits per heavy atom. The molecule has 0 saturated heterocycles. The molecule has 0 amide bonds. The summed E-state index contributed by atoms with van der Waals surface area (Å²) in [6, 6.07) is 10.2. The maximum absolute atomic E-state index is 11.1. The molecule has 0 aromatic heterocycles. The van der Waals surface area contributed by atoms with Crippen molar-refractivity contribution in [2.45, 2.75) is 33.1 Å². The molecule has 0 bridgehead atoms. The Hall–Kier alpha value is -2.89. The summed E-state index contributed by atoms with van der Waals surface area (Å²) in [6.45, 7) is 6.26. The van der Waals surface area contributed by atoms with Gasteiger partial charge in [0, 0.05) is 17.8 Å². The van der Waals surface area contributed by atoms with Gasteiger partial charge in [0.05, 0.1) is 23.3 Å². The molecule has 0 aliphatic carbocycles. The van der Waals surface area contributed by atoms with Gasteiger partial charge in [0.1, 0.15) is 0 Å². The summed E-state index contributed by atoms with van der Waals surface area (Å²) in [5.41, 5.74) is 1.96. The number of rotatable bonds is 7. The maximum atomic E-state index is 11.1. The van der Waals surface area contributed by atoms with Crippen LogP contribution in [0, 0.1) is 10.1 Å². The molecule has 0 aliphatic heterocycles. The minimum atomic E-state index is -0.521. The highest BCUT2D eigenvalue weighted by molar-refractivity contribution is 5.88. The molecule has 1 N–H and O–H groups in total. The number of nitro groups is 1. The molecule has 2 aromatic carbocycles. The highest BCUT2D eigenvalue weighted by atomic mass is 16.6. The normalized spacial score (nSPS) is 12.3. The van der Waals surface area contributed by atoms with Crippen molar-refractivity contribution in [1.82, 2.24) is 0 Å². The first-order valence-electron chi connectivity index (χ1n) is 8.25. The summed E-state index contributed by atoms with van der Waals surface area (Å²) in [5, 5.41) is 21.4. The zero-order valence-electron chi connectivity index (χ0n) is 14.6. The van der Waals surface area contributed by atoms with E-state index in [9.17, 15) is 15.2 Å². The Morgan fingerprint density at radius 2 is 2.04 bits per heavy atom. The third-order valence-corrected chi connectivity index (χ3v) is 4.02. The van der Waals surface area contributed by atoms with Gasteiger partial charge in [-0.05, 0) is 30.9 Å². The molecular formula is C19H22N2O4. The molecule has 132 valence electrons. The summed E-state index contributed by atoms with van der Waals surface area (Å²) < 4.78 is 5.28. The monoisotopic (exact) mass is 342 g/mol. The van der Waals surface area contributed by atoms with E-state index in [-0.39, 0.29) is 22.7 Å². The molecule has 0 aliphatic rings. The van der Waals surface area contributed by atoms with E-state index in [0.717, 1.165) is 17.7 Å². The molecule has 25 heavy (non-hydrogen) atoms. The summed E-state index contributed by atoms with van der Waals surface area (Å²) >= 11 is 0. The second-order valence-electron chi connectivity index (χ2n) is 5.70. The van der Waals surface area contributed by atoms with E-state index < -0.39 is 4.92 Å². The number of phenols is 1. The van der Waals surface area contributed by atoms with Crippen LogP contribution >= 0.6 is 0 Å². The predicted molar refractivity (Wildman–Crippen MR) is 98.3 cm³/mol. The van der Waals surface area contributed by atoms with Crippen molar-refractivity contribution < 1.29 is 14.8 Å². The van der Waals surface area contributed by atoms with E-state index in [0.29, 0.717) is 12.5 Å². The molecule has 1 atom stereocenters. The molecule has 0 saturated carbocycles. The van der Waals surface area contributed by atoms with Gasteiger partial charge < -0.3 is 9.84 Å². The molecule has 0 heterocycles. The lowest BCUT2D eigenvalue weighted by Gasteiger charge is -2.12. The first kappa shape index (κ1) is 18.4. The van der Waals surface area contributed by atoms with Gasteiger partial charge in [0.25, 0.3) is 5.69 Å². The standard InChI is InChI=1S/C19H22N2O4/c1-4-13(3)16-8-6-7-9-17(16)20-12-14-10-15(21(23)24)11-18(19(14)22)25-5-2/h6-13,22H,4-5H2,1-3H3. The number of ether oxygens (including phenoxy) is 1. The van der Waals surface area contributed by atoms with E-state index in [1.165, 1.54) is 18.3 Å². The van der Waals surface area contributed by atoms with Crippen molar-refractivity contribution in [3.63, 3.8) is 0 Å². The molecule has 6 nitrogen and oxygen atoms in total. The fourth-order valence-electron chi connectivity index (χ4n) is 2.46. The van der Waals surface area contributed by atoms with Gasteiger partial charge in [-0.1, -0.05) is 32.0 Å². The van der Waals surface area contributed by atoms with Crippen molar-refractivity contribution in [3.05, 3.63) is 57.6 Å².